The Morgan fingerprint density at radius 1 is 0.700 bits per heavy atom. The predicted molar refractivity (Wildman–Crippen MR) is 81.1 cm³/mol. The molecule has 0 bridgehead atoms. The second-order valence-corrected chi connectivity index (χ2v) is 7.38. The molecule has 0 aliphatic heterocycles. The van der Waals surface area contributed by atoms with Crippen molar-refractivity contribution >= 4 is 0 Å². The Bertz CT molecular complexity index is 284. The lowest BCUT2D eigenvalue weighted by molar-refractivity contribution is -0.371. The van der Waals surface area contributed by atoms with Crippen LogP contribution in [-0.2, 0) is 19.6 Å². The molecule has 0 saturated carbocycles. The van der Waals surface area contributed by atoms with Crippen LogP contribution in [0, 0.1) is 5.92 Å². The fraction of sp³-hybridized carbons (Fsp3) is 0.875. The third-order valence-corrected chi connectivity index (χ3v) is 2.09. The van der Waals surface area contributed by atoms with E-state index in [-0.39, 0.29) is 23.4 Å². The Balaban J connectivity index is 4.33. The maximum absolute atomic E-state index is 5.48. The van der Waals surface area contributed by atoms with Crippen molar-refractivity contribution in [2.45, 2.75) is 85.7 Å². The minimum Gasteiger partial charge on any atom is -0.230 e. The smallest absolute Gasteiger partial charge is 0.113 e. The van der Waals surface area contributed by atoms with Crippen LogP contribution < -0.4 is 0 Å². The molecule has 0 fully saturated rings. The quantitative estimate of drug-likeness (QED) is 0.394. The van der Waals surface area contributed by atoms with Gasteiger partial charge < -0.3 is 0 Å². The molecule has 4 heteroatoms. The lowest BCUT2D eigenvalue weighted by atomic mass is 10.1. The third kappa shape index (κ3) is 11.4. The van der Waals surface area contributed by atoms with Crippen LogP contribution in [0.4, 0.5) is 0 Å². The number of rotatable bonds is 7. The Labute approximate surface area is 124 Å². The minimum absolute atomic E-state index is 0.116. The summed E-state index contributed by atoms with van der Waals surface area (Å²) in [5, 5.41) is 0. The Morgan fingerprint density at radius 2 is 1.15 bits per heavy atom. The van der Waals surface area contributed by atoms with Gasteiger partial charge in [-0.15, -0.1) is 0 Å². The summed E-state index contributed by atoms with van der Waals surface area (Å²) >= 11 is 0. The largest absolute Gasteiger partial charge is 0.230 e. The molecule has 0 heterocycles. The summed E-state index contributed by atoms with van der Waals surface area (Å²) in [7, 11) is 0. The van der Waals surface area contributed by atoms with Crippen LogP contribution in [0.25, 0.3) is 0 Å². The zero-order valence-electron chi connectivity index (χ0n) is 14.5. The van der Waals surface area contributed by atoms with Gasteiger partial charge in [0.1, 0.15) is 12.2 Å². The van der Waals surface area contributed by atoms with E-state index in [0.717, 1.165) is 0 Å². The summed E-state index contributed by atoms with van der Waals surface area (Å²) in [5.41, 5.74) is -0.635. The van der Waals surface area contributed by atoms with E-state index in [0.29, 0.717) is 5.92 Å². The first-order chi connectivity index (χ1) is 8.91. The van der Waals surface area contributed by atoms with Crippen LogP contribution in [0.5, 0.6) is 0 Å². The van der Waals surface area contributed by atoms with Gasteiger partial charge in [-0.05, 0) is 54.4 Å². The highest BCUT2D eigenvalue weighted by Gasteiger charge is 2.18. The van der Waals surface area contributed by atoms with Gasteiger partial charge in [-0.2, -0.15) is 0 Å². The number of hydrogen-bond donors (Lipinski definition) is 0. The summed E-state index contributed by atoms with van der Waals surface area (Å²) in [4.78, 5) is 21.4. The van der Waals surface area contributed by atoms with E-state index in [1.807, 2.05) is 60.6 Å². The SMILES string of the molecule is CC(/C=C/C(OOC(C)(C)C)C(C)C)OOC(C)(C)C. The first-order valence-corrected chi connectivity index (χ1v) is 7.28. The highest BCUT2D eigenvalue weighted by molar-refractivity contribution is 4.94. The molecule has 0 spiro atoms. The maximum atomic E-state index is 5.48. The van der Waals surface area contributed by atoms with Gasteiger partial charge in [0.05, 0.1) is 11.2 Å². The number of hydrogen-bond acceptors (Lipinski definition) is 4. The summed E-state index contributed by atoms with van der Waals surface area (Å²) in [6.45, 7) is 17.8. The zero-order chi connectivity index (χ0) is 16.0. The average Bonchev–Trinajstić information content (AvgIpc) is 2.23. The van der Waals surface area contributed by atoms with Gasteiger partial charge in [-0.1, -0.05) is 26.0 Å². The fourth-order valence-electron chi connectivity index (χ4n) is 1.08. The fourth-order valence-corrected chi connectivity index (χ4v) is 1.08. The van der Waals surface area contributed by atoms with Crippen molar-refractivity contribution in [2.75, 3.05) is 0 Å². The molecule has 4 nitrogen and oxygen atoms in total. The average molecular weight is 288 g/mol. The van der Waals surface area contributed by atoms with Crippen LogP contribution in [0.1, 0.15) is 62.3 Å². The molecular weight excluding hydrogens is 256 g/mol. The molecule has 0 N–H and O–H groups in total. The van der Waals surface area contributed by atoms with Crippen LogP contribution in [0.2, 0.25) is 0 Å². The summed E-state index contributed by atoms with van der Waals surface area (Å²) < 4.78 is 0. The summed E-state index contributed by atoms with van der Waals surface area (Å²) in [6, 6.07) is 0. The maximum Gasteiger partial charge on any atom is 0.113 e. The topological polar surface area (TPSA) is 36.9 Å². The highest BCUT2D eigenvalue weighted by Crippen LogP contribution is 2.16. The second kappa shape index (κ2) is 8.13. The normalized spacial score (nSPS) is 16.9. The summed E-state index contributed by atoms with van der Waals surface area (Å²) in [6.07, 6.45) is 3.61. The van der Waals surface area contributed by atoms with Crippen molar-refractivity contribution in [2.24, 2.45) is 5.92 Å². The van der Waals surface area contributed by atoms with Crippen LogP contribution in [0.15, 0.2) is 12.2 Å². The molecule has 0 rings (SSSR count). The van der Waals surface area contributed by atoms with Crippen molar-refractivity contribution in [1.82, 2.24) is 0 Å². The van der Waals surface area contributed by atoms with Crippen LogP contribution in [0.3, 0.4) is 0 Å². The Morgan fingerprint density at radius 3 is 1.55 bits per heavy atom. The Hall–Kier alpha value is -0.420. The molecule has 20 heavy (non-hydrogen) atoms. The van der Waals surface area contributed by atoms with E-state index in [2.05, 4.69) is 13.8 Å². The molecule has 0 aromatic rings. The molecule has 2 unspecified atom stereocenters. The lowest BCUT2D eigenvalue weighted by Gasteiger charge is -2.24. The molecule has 2 atom stereocenters. The van der Waals surface area contributed by atoms with Crippen molar-refractivity contribution in [3.8, 4) is 0 Å². The van der Waals surface area contributed by atoms with Gasteiger partial charge in [0.15, 0.2) is 0 Å². The molecule has 0 radical (unpaired) electrons. The van der Waals surface area contributed by atoms with Crippen LogP contribution in [-0.4, -0.2) is 23.4 Å². The van der Waals surface area contributed by atoms with E-state index in [4.69, 9.17) is 19.6 Å². The van der Waals surface area contributed by atoms with E-state index < -0.39 is 0 Å². The van der Waals surface area contributed by atoms with Gasteiger partial charge >= 0.3 is 0 Å². The van der Waals surface area contributed by atoms with E-state index in [1.54, 1.807) is 0 Å². The van der Waals surface area contributed by atoms with E-state index in [9.17, 15) is 0 Å². The molecular formula is C16H32O4. The van der Waals surface area contributed by atoms with Crippen molar-refractivity contribution in [1.29, 1.82) is 0 Å². The van der Waals surface area contributed by atoms with Crippen molar-refractivity contribution in [3.05, 3.63) is 12.2 Å². The van der Waals surface area contributed by atoms with E-state index >= 15 is 0 Å². The van der Waals surface area contributed by atoms with Gasteiger partial charge in [0.2, 0.25) is 0 Å². The van der Waals surface area contributed by atoms with Gasteiger partial charge in [-0.3, -0.25) is 0 Å². The minimum atomic E-state index is -0.321. The molecule has 0 aliphatic rings. The van der Waals surface area contributed by atoms with Crippen molar-refractivity contribution < 1.29 is 19.6 Å². The molecule has 0 aromatic heterocycles. The van der Waals surface area contributed by atoms with Gasteiger partial charge in [0, 0.05) is 0 Å². The first kappa shape index (κ1) is 19.6. The molecule has 0 aliphatic carbocycles. The first-order valence-electron chi connectivity index (χ1n) is 7.28. The lowest BCUT2D eigenvalue weighted by Crippen LogP contribution is -2.26. The second-order valence-electron chi connectivity index (χ2n) is 7.38. The van der Waals surface area contributed by atoms with E-state index in [1.165, 1.54) is 0 Å². The molecule has 0 aromatic carbocycles. The van der Waals surface area contributed by atoms with Crippen LogP contribution >= 0.6 is 0 Å². The molecule has 0 saturated heterocycles. The molecule has 120 valence electrons. The summed E-state index contributed by atoms with van der Waals surface area (Å²) in [5.74, 6) is 0.310. The van der Waals surface area contributed by atoms with Gasteiger partial charge in [-0.25, -0.2) is 19.6 Å². The standard InChI is InChI=1S/C16H32O4/c1-12(2)14(18-20-16(7,8)9)11-10-13(3)17-19-15(4,5)6/h10-14H,1-9H3/b11-10+. The Kier molecular flexibility index (Phi) is 7.96. The predicted octanol–water partition coefficient (Wildman–Crippen LogP) is 4.45. The monoisotopic (exact) mass is 288 g/mol. The molecule has 0 amide bonds. The third-order valence-electron chi connectivity index (χ3n) is 2.09. The van der Waals surface area contributed by atoms with Gasteiger partial charge in [0.25, 0.3) is 0 Å². The zero-order valence-corrected chi connectivity index (χ0v) is 14.5. The van der Waals surface area contributed by atoms with Crippen molar-refractivity contribution in [3.63, 3.8) is 0 Å². The highest BCUT2D eigenvalue weighted by atomic mass is 17.2.